The number of nitrogens with one attached hydrogen (secondary N) is 1. The van der Waals surface area contributed by atoms with Gasteiger partial charge in [-0.25, -0.2) is 9.82 Å². The summed E-state index contributed by atoms with van der Waals surface area (Å²) in [6.45, 7) is 0.150. The molecule has 2 aromatic rings. The van der Waals surface area contributed by atoms with E-state index in [1.807, 2.05) is 0 Å². The van der Waals surface area contributed by atoms with Crippen LogP contribution in [0.4, 0.5) is 4.39 Å². The Morgan fingerprint density at radius 1 is 1.33 bits per heavy atom. The number of rotatable bonds is 3. The van der Waals surface area contributed by atoms with Crippen LogP contribution in [0.3, 0.4) is 0 Å². The van der Waals surface area contributed by atoms with Crippen LogP contribution < -0.4 is 14.9 Å². The Balaban J connectivity index is 1.73. The first kappa shape index (κ1) is 16.0. The third kappa shape index (κ3) is 3.21. The highest BCUT2D eigenvalue weighted by molar-refractivity contribution is 9.10. The fourth-order valence-corrected chi connectivity index (χ4v) is 2.45. The van der Waals surface area contributed by atoms with Gasteiger partial charge in [-0.3, -0.25) is 4.79 Å². The number of amides is 1. The minimum atomic E-state index is -0.786. The number of nitriles is 1. The monoisotopic (exact) mass is 389 g/mol. The molecule has 1 heterocycles. The molecule has 2 aromatic carbocycles. The van der Waals surface area contributed by atoms with Gasteiger partial charge in [0.15, 0.2) is 11.5 Å². The third-order valence-electron chi connectivity index (χ3n) is 3.20. The second-order valence-corrected chi connectivity index (χ2v) is 5.59. The number of carbonyl (C=O) groups excluding carboxylic acids is 1. The molecule has 6 nitrogen and oxygen atoms in total. The van der Waals surface area contributed by atoms with E-state index in [-0.39, 0.29) is 17.9 Å². The predicted molar refractivity (Wildman–Crippen MR) is 86.4 cm³/mol. The molecule has 24 heavy (non-hydrogen) atoms. The minimum absolute atomic E-state index is 0.136. The summed E-state index contributed by atoms with van der Waals surface area (Å²) < 4.78 is 24.9. The van der Waals surface area contributed by atoms with Gasteiger partial charge in [-0.15, -0.1) is 0 Å². The molecule has 0 saturated carbocycles. The van der Waals surface area contributed by atoms with Crippen molar-refractivity contribution in [1.29, 1.82) is 5.26 Å². The van der Waals surface area contributed by atoms with Crippen LogP contribution in [0.15, 0.2) is 39.9 Å². The van der Waals surface area contributed by atoms with E-state index in [1.54, 1.807) is 18.2 Å². The van der Waals surface area contributed by atoms with Crippen LogP contribution in [0.1, 0.15) is 21.5 Å². The SMILES string of the molecule is N#Cc1ccc(C(=O)N/N=C/c2cc3c(cc2Br)OCO3)c(F)c1. The van der Waals surface area contributed by atoms with Gasteiger partial charge in [0.25, 0.3) is 5.91 Å². The highest BCUT2D eigenvalue weighted by atomic mass is 79.9. The summed E-state index contributed by atoms with van der Waals surface area (Å²) in [5.74, 6) is -0.317. The summed E-state index contributed by atoms with van der Waals surface area (Å²) in [6.07, 6.45) is 1.39. The molecule has 8 heteroatoms. The maximum absolute atomic E-state index is 13.8. The van der Waals surface area contributed by atoms with Crippen LogP contribution in [-0.4, -0.2) is 18.9 Å². The van der Waals surface area contributed by atoms with Gasteiger partial charge in [0.1, 0.15) is 5.82 Å². The van der Waals surface area contributed by atoms with Crippen molar-refractivity contribution in [3.05, 3.63) is 57.3 Å². The summed E-state index contributed by atoms with van der Waals surface area (Å²) in [5.41, 5.74) is 2.83. The summed E-state index contributed by atoms with van der Waals surface area (Å²) in [4.78, 5) is 11.9. The summed E-state index contributed by atoms with van der Waals surface area (Å²) >= 11 is 3.36. The van der Waals surface area contributed by atoms with Crippen molar-refractivity contribution in [2.24, 2.45) is 5.10 Å². The van der Waals surface area contributed by atoms with Crippen molar-refractivity contribution >= 4 is 28.1 Å². The highest BCUT2D eigenvalue weighted by Gasteiger charge is 2.16. The molecule has 0 atom stereocenters. The molecule has 0 saturated heterocycles. The van der Waals surface area contributed by atoms with Crippen LogP contribution in [-0.2, 0) is 0 Å². The lowest BCUT2D eigenvalue weighted by Gasteiger charge is -2.03. The van der Waals surface area contributed by atoms with Crippen LogP contribution in [0.5, 0.6) is 11.5 Å². The number of hydrogen-bond donors (Lipinski definition) is 1. The Morgan fingerprint density at radius 3 is 2.79 bits per heavy atom. The summed E-state index contributed by atoms with van der Waals surface area (Å²) in [7, 11) is 0. The first-order valence-corrected chi connectivity index (χ1v) is 7.50. The molecule has 3 rings (SSSR count). The van der Waals surface area contributed by atoms with Crippen LogP contribution in [0.2, 0.25) is 0 Å². The molecule has 0 bridgehead atoms. The molecule has 1 amide bonds. The fraction of sp³-hybridized carbons (Fsp3) is 0.0625. The Labute approximate surface area is 144 Å². The largest absolute Gasteiger partial charge is 0.454 e. The van der Waals surface area contributed by atoms with Gasteiger partial charge in [-0.2, -0.15) is 10.4 Å². The van der Waals surface area contributed by atoms with Crippen molar-refractivity contribution in [2.75, 3.05) is 6.79 Å². The number of fused-ring (bicyclic) bond motifs is 1. The molecule has 0 unspecified atom stereocenters. The lowest BCUT2D eigenvalue weighted by atomic mass is 10.1. The molecular weight excluding hydrogens is 381 g/mol. The molecule has 1 aliphatic rings. The van der Waals surface area contributed by atoms with Gasteiger partial charge >= 0.3 is 0 Å². The van der Waals surface area contributed by atoms with Crippen LogP contribution in [0.25, 0.3) is 0 Å². The molecule has 120 valence electrons. The molecule has 1 N–H and O–H groups in total. The van der Waals surface area contributed by atoms with Crippen molar-refractivity contribution in [1.82, 2.24) is 5.43 Å². The van der Waals surface area contributed by atoms with Gasteiger partial charge in [0.05, 0.1) is 23.4 Å². The maximum atomic E-state index is 13.8. The van der Waals surface area contributed by atoms with Gasteiger partial charge in [-0.1, -0.05) is 0 Å². The second kappa shape index (κ2) is 6.68. The number of hydrazone groups is 1. The first-order chi connectivity index (χ1) is 11.6. The van der Waals surface area contributed by atoms with E-state index in [0.29, 0.717) is 21.5 Å². The first-order valence-electron chi connectivity index (χ1n) is 6.70. The molecular formula is C16H9BrFN3O3. The van der Waals surface area contributed by atoms with Gasteiger partial charge in [-0.05, 0) is 46.3 Å². The summed E-state index contributed by atoms with van der Waals surface area (Å²) in [5, 5.41) is 12.5. The van der Waals surface area contributed by atoms with Crippen molar-refractivity contribution in [3.63, 3.8) is 0 Å². The van der Waals surface area contributed by atoms with Crippen molar-refractivity contribution in [2.45, 2.75) is 0 Å². The van der Waals surface area contributed by atoms with Gasteiger partial charge in [0.2, 0.25) is 6.79 Å². The number of carbonyl (C=O) groups is 1. The van der Waals surface area contributed by atoms with E-state index in [9.17, 15) is 9.18 Å². The minimum Gasteiger partial charge on any atom is -0.454 e. The predicted octanol–water partition coefficient (Wildman–Crippen LogP) is 2.95. The quantitative estimate of drug-likeness (QED) is 0.645. The normalized spacial score (nSPS) is 12.2. The Hall–Kier alpha value is -2.92. The van der Waals surface area contributed by atoms with Crippen molar-refractivity contribution < 1.29 is 18.7 Å². The molecule has 0 fully saturated rings. The van der Waals surface area contributed by atoms with E-state index in [4.69, 9.17) is 14.7 Å². The standard InChI is InChI=1S/C16H9BrFN3O3/c17-12-5-15-14(23-8-24-15)4-10(12)7-20-21-16(22)11-2-1-9(6-19)3-13(11)18/h1-5,7H,8H2,(H,21,22)/b20-7+. The smallest absolute Gasteiger partial charge is 0.274 e. The maximum Gasteiger partial charge on any atom is 0.274 e. The summed E-state index contributed by atoms with van der Waals surface area (Å²) in [6, 6.07) is 8.81. The van der Waals surface area contributed by atoms with E-state index < -0.39 is 11.7 Å². The third-order valence-corrected chi connectivity index (χ3v) is 3.89. The Bertz CT molecular complexity index is 893. The second-order valence-electron chi connectivity index (χ2n) is 4.73. The van der Waals surface area contributed by atoms with Gasteiger partial charge < -0.3 is 9.47 Å². The average Bonchev–Trinajstić information content (AvgIpc) is 3.01. The molecule has 0 spiro atoms. The molecule has 0 radical (unpaired) electrons. The topological polar surface area (TPSA) is 83.7 Å². The van der Waals surface area contributed by atoms with E-state index in [2.05, 4.69) is 26.5 Å². The highest BCUT2D eigenvalue weighted by Crippen LogP contribution is 2.36. The van der Waals surface area contributed by atoms with Crippen LogP contribution >= 0.6 is 15.9 Å². The van der Waals surface area contributed by atoms with E-state index in [1.165, 1.54) is 18.3 Å². The zero-order valence-corrected chi connectivity index (χ0v) is 13.6. The Kier molecular flexibility index (Phi) is 4.44. The lowest BCUT2D eigenvalue weighted by molar-refractivity contribution is 0.0951. The number of benzene rings is 2. The molecule has 0 aromatic heterocycles. The number of ether oxygens (including phenoxy) is 2. The van der Waals surface area contributed by atoms with E-state index in [0.717, 1.165) is 6.07 Å². The number of halogens is 2. The van der Waals surface area contributed by atoms with E-state index >= 15 is 0 Å². The molecule has 1 aliphatic heterocycles. The van der Waals surface area contributed by atoms with Crippen molar-refractivity contribution in [3.8, 4) is 17.6 Å². The zero-order chi connectivity index (χ0) is 17.1. The Morgan fingerprint density at radius 2 is 2.08 bits per heavy atom. The number of hydrogen-bond acceptors (Lipinski definition) is 5. The fourth-order valence-electron chi connectivity index (χ4n) is 2.02. The lowest BCUT2D eigenvalue weighted by Crippen LogP contribution is -2.19. The van der Waals surface area contributed by atoms with Gasteiger partial charge in [0, 0.05) is 10.0 Å². The molecule has 0 aliphatic carbocycles. The van der Waals surface area contributed by atoms with Crippen LogP contribution in [0, 0.1) is 17.1 Å². The number of nitrogens with zero attached hydrogens (tertiary/aromatic N) is 2. The average molecular weight is 390 g/mol. The zero-order valence-electron chi connectivity index (χ0n) is 12.0.